The SMILES string of the molecule is C[C@H](NC(=S)Nc1cccc(Cl)c1)[C@@H](c1ccccc1)N1CCN(C)CC1. The minimum absolute atomic E-state index is 0.162. The fraction of sp³-hybridized carbons (Fsp3) is 0.381. The van der Waals surface area contributed by atoms with Crippen LogP contribution in [0.2, 0.25) is 5.02 Å². The summed E-state index contributed by atoms with van der Waals surface area (Å²) in [6, 6.07) is 18.7. The second kappa shape index (κ2) is 9.51. The summed E-state index contributed by atoms with van der Waals surface area (Å²) in [6.45, 7) is 6.47. The Morgan fingerprint density at radius 3 is 2.41 bits per heavy atom. The minimum Gasteiger partial charge on any atom is -0.358 e. The highest BCUT2D eigenvalue weighted by atomic mass is 35.5. The first-order valence-corrected chi connectivity index (χ1v) is 10.1. The molecule has 0 unspecified atom stereocenters. The van der Waals surface area contributed by atoms with Crippen molar-refractivity contribution in [1.29, 1.82) is 0 Å². The molecule has 1 aliphatic heterocycles. The van der Waals surface area contributed by atoms with Crippen molar-refractivity contribution in [2.75, 3.05) is 38.5 Å². The molecule has 2 atom stereocenters. The van der Waals surface area contributed by atoms with Gasteiger partial charge < -0.3 is 15.5 Å². The first-order chi connectivity index (χ1) is 13.0. The number of anilines is 1. The Kier molecular flexibility index (Phi) is 7.07. The molecule has 0 aromatic heterocycles. The lowest BCUT2D eigenvalue weighted by atomic mass is 9.98. The zero-order valence-corrected chi connectivity index (χ0v) is 17.4. The quantitative estimate of drug-likeness (QED) is 0.738. The number of benzene rings is 2. The van der Waals surface area contributed by atoms with Crippen molar-refractivity contribution in [3.8, 4) is 0 Å². The van der Waals surface area contributed by atoms with Gasteiger partial charge in [0.05, 0.1) is 6.04 Å². The van der Waals surface area contributed by atoms with Gasteiger partial charge in [-0.15, -0.1) is 0 Å². The van der Waals surface area contributed by atoms with Gasteiger partial charge in [-0.2, -0.15) is 0 Å². The van der Waals surface area contributed by atoms with Crippen LogP contribution in [0.25, 0.3) is 0 Å². The molecule has 2 aromatic carbocycles. The fourth-order valence-electron chi connectivity index (χ4n) is 3.59. The van der Waals surface area contributed by atoms with Crippen LogP contribution >= 0.6 is 23.8 Å². The highest BCUT2D eigenvalue weighted by molar-refractivity contribution is 7.80. The van der Waals surface area contributed by atoms with Gasteiger partial charge in [0.15, 0.2) is 5.11 Å². The number of nitrogens with one attached hydrogen (secondary N) is 2. The van der Waals surface area contributed by atoms with E-state index in [0.29, 0.717) is 10.1 Å². The highest BCUT2D eigenvalue weighted by Crippen LogP contribution is 2.26. The zero-order chi connectivity index (χ0) is 19.2. The van der Waals surface area contributed by atoms with Crippen LogP contribution in [0, 0.1) is 0 Å². The van der Waals surface area contributed by atoms with Crippen LogP contribution in [-0.2, 0) is 0 Å². The van der Waals surface area contributed by atoms with E-state index in [4.69, 9.17) is 23.8 Å². The summed E-state index contributed by atoms with van der Waals surface area (Å²) in [4.78, 5) is 4.93. The van der Waals surface area contributed by atoms with Crippen molar-refractivity contribution in [2.24, 2.45) is 0 Å². The lowest BCUT2D eigenvalue weighted by Gasteiger charge is -2.41. The van der Waals surface area contributed by atoms with Crippen LogP contribution in [0.1, 0.15) is 18.5 Å². The van der Waals surface area contributed by atoms with Crippen molar-refractivity contribution in [3.05, 3.63) is 65.2 Å². The third-order valence-electron chi connectivity index (χ3n) is 4.99. The second-order valence-electron chi connectivity index (χ2n) is 7.09. The Morgan fingerprint density at radius 1 is 1.04 bits per heavy atom. The van der Waals surface area contributed by atoms with E-state index in [1.165, 1.54) is 5.56 Å². The van der Waals surface area contributed by atoms with Crippen molar-refractivity contribution < 1.29 is 0 Å². The number of rotatable bonds is 5. The molecular weight excluding hydrogens is 376 g/mol. The highest BCUT2D eigenvalue weighted by Gasteiger charge is 2.28. The number of piperazine rings is 1. The molecule has 2 N–H and O–H groups in total. The Labute approximate surface area is 172 Å². The number of thiocarbonyl (C=S) groups is 1. The van der Waals surface area contributed by atoms with Crippen LogP contribution in [0.15, 0.2) is 54.6 Å². The Morgan fingerprint density at radius 2 is 1.74 bits per heavy atom. The van der Waals surface area contributed by atoms with Gasteiger partial charge in [-0.25, -0.2) is 0 Å². The van der Waals surface area contributed by atoms with Gasteiger partial charge in [0.25, 0.3) is 0 Å². The molecule has 1 saturated heterocycles. The average Bonchev–Trinajstić information content (AvgIpc) is 2.64. The van der Waals surface area contributed by atoms with Crippen molar-refractivity contribution >= 4 is 34.6 Å². The molecule has 4 nitrogen and oxygen atoms in total. The lowest BCUT2D eigenvalue weighted by molar-refractivity contribution is 0.0973. The molecule has 3 rings (SSSR count). The van der Waals surface area contributed by atoms with Crippen LogP contribution in [0.4, 0.5) is 5.69 Å². The summed E-state index contributed by atoms with van der Waals surface area (Å²) >= 11 is 11.6. The molecule has 0 amide bonds. The molecule has 0 aliphatic carbocycles. The predicted molar refractivity (Wildman–Crippen MR) is 119 cm³/mol. The third kappa shape index (κ3) is 5.66. The number of hydrogen-bond acceptors (Lipinski definition) is 3. The minimum atomic E-state index is 0.162. The molecule has 0 saturated carbocycles. The number of nitrogens with zero attached hydrogens (tertiary/aromatic N) is 2. The summed E-state index contributed by atoms with van der Waals surface area (Å²) in [7, 11) is 2.18. The molecule has 0 bridgehead atoms. The fourth-order valence-corrected chi connectivity index (χ4v) is 4.08. The maximum absolute atomic E-state index is 6.06. The van der Waals surface area contributed by atoms with E-state index in [2.05, 4.69) is 64.7 Å². The molecule has 2 aromatic rings. The Hall–Kier alpha value is -1.66. The lowest BCUT2D eigenvalue weighted by Crippen LogP contribution is -2.52. The van der Waals surface area contributed by atoms with Crippen LogP contribution in [-0.4, -0.2) is 54.2 Å². The normalized spacial score (nSPS) is 17.9. The molecule has 0 radical (unpaired) electrons. The summed E-state index contributed by atoms with van der Waals surface area (Å²) in [5.41, 5.74) is 2.20. The van der Waals surface area contributed by atoms with E-state index < -0.39 is 0 Å². The molecule has 0 spiro atoms. The van der Waals surface area contributed by atoms with Gasteiger partial charge >= 0.3 is 0 Å². The van der Waals surface area contributed by atoms with Crippen molar-refractivity contribution in [2.45, 2.75) is 19.0 Å². The maximum atomic E-state index is 6.06. The summed E-state index contributed by atoms with van der Waals surface area (Å²) in [5, 5.41) is 8.02. The molecule has 27 heavy (non-hydrogen) atoms. The van der Waals surface area contributed by atoms with E-state index in [1.54, 1.807) is 0 Å². The Balaban J connectivity index is 1.70. The van der Waals surface area contributed by atoms with E-state index in [-0.39, 0.29) is 12.1 Å². The zero-order valence-electron chi connectivity index (χ0n) is 15.9. The smallest absolute Gasteiger partial charge is 0.171 e. The number of hydrogen-bond donors (Lipinski definition) is 2. The third-order valence-corrected chi connectivity index (χ3v) is 5.44. The molecule has 1 aliphatic rings. The maximum Gasteiger partial charge on any atom is 0.171 e. The largest absolute Gasteiger partial charge is 0.358 e. The predicted octanol–water partition coefficient (Wildman–Crippen LogP) is 4.00. The number of halogens is 1. The van der Waals surface area contributed by atoms with Crippen LogP contribution in [0.5, 0.6) is 0 Å². The first-order valence-electron chi connectivity index (χ1n) is 9.33. The van der Waals surface area contributed by atoms with Crippen molar-refractivity contribution in [3.63, 3.8) is 0 Å². The van der Waals surface area contributed by atoms with E-state index >= 15 is 0 Å². The van der Waals surface area contributed by atoms with E-state index in [0.717, 1.165) is 31.9 Å². The summed E-state index contributed by atoms with van der Waals surface area (Å²) < 4.78 is 0. The van der Waals surface area contributed by atoms with Crippen LogP contribution in [0.3, 0.4) is 0 Å². The first kappa shape index (κ1) is 20.1. The topological polar surface area (TPSA) is 30.5 Å². The molecule has 1 fully saturated rings. The van der Waals surface area contributed by atoms with Gasteiger partial charge in [0.2, 0.25) is 0 Å². The van der Waals surface area contributed by atoms with Gasteiger partial charge in [-0.3, -0.25) is 4.90 Å². The molecule has 144 valence electrons. The van der Waals surface area contributed by atoms with Gasteiger partial charge in [-0.05, 0) is 50.0 Å². The van der Waals surface area contributed by atoms with Gasteiger partial charge in [0, 0.05) is 42.9 Å². The molecule has 6 heteroatoms. The van der Waals surface area contributed by atoms with E-state index in [1.807, 2.05) is 24.3 Å². The monoisotopic (exact) mass is 402 g/mol. The number of likely N-dealkylation sites (N-methyl/N-ethyl adjacent to an activating group) is 1. The van der Waals surface area contributed by atoms with Gasteiger partial charge in [0.1, 0.15) is 0 Å². The summed E-state index contributed by atoms with van der Waals surface area (Å²) in [5.74, 6) is 0. The molecular formula is C21H27ClN4S. The second-order valence-corrected chi connectivity index (χ2v) is 7.94. The van der Waals surface area contributed by atoms with Crippen LogP contribution < -0.4 is 10.6 Å². The van der Waals surface area contributed by atoms with Crippen molar-refractivity contribution in [1.82, 2.24) is 15.1 Å². The standard InChI is InChI=1S/C21H27ClN4S/c1-16(23-21(27)24-19-10-6-9-18(22)15-19)20(17-7-4-3-5-8-17)26-13-11-25(2)12-14-26/h3-10,15-16,20H,11-14H2,1-2H3,(H2,23,24,27)/t16-,20-/m0/s1. The average molecular weight is 403 g/mol. The van der Waals surface area contributed by atoms with E-state index in [9.17, 15) is 0 Å². The van der Waals surface area contributed by atoms with Gasteiger partial charge in [-0.1, -0.05) is 48.0 Å². The summed E-state index contributed by atoms with van der Waals surface area (Å²) in [6.07, 6.45) is 0. The molecule has 1 heterocycles. The Bertz CT molecular complexity index is 747.